The minimum Gasteiger partial charge on any atom is -0.228 e. The van der Waals surface area contributed by atoms with Gasteiger partial charge < -0.3 is 0 Å². The lowest BCUT2D eigenvalue weighted by molar-refractivity contribution is 0.507. The third-order valence-corrected chi connectivity index (χ3v) is 3.02. The van der Waals surface area contributed by atoms with Crippen molar-refractivity contribution in [1.29, 1.82) is 0 Å². The van der Waals surface area contributed by atoms with Crippen molar-refractivity contribution in [2.75, 3.05) is 5.75 Å². The Balaban J connectivity index is 2.34. The first-order chi connectivity index (χ1) is 5.38. The third-order valence-electron chi connectivity index (χ3n) is 2.31. The summed E-state index contributed by atoms with van der Waals surface area (Å²) in [5.41, 5.74) is 4.77. The van der Waals surface area contributed by atoms with Gasteiger partial charge in [-0.05, 0) is 35.9 Å². The molecule has 0 aromatic carbocycles. The molecule has 2 heteroatoms. The number of rotatable bonds is 0. The van der Waals surface area contributed by atoms with Crippen LogP contribution in [0.25, 0.3) is 0 Å². The summed E-state index contributed by atoms with van der Waals surface area (Å²) in [6.07, 6.45) is 5.40. The van der Waals surface area contributed by atoms with Crippen molar-refractivity contribution < 1.29 is 0 Å². The van der Waals surface area contributed by atoms with Crippen molar-refractivity contribution in [3.8, 4) is 0 Å². The summed E-state index contributed by atoms with van der Waals surface area (Å²) in [5, 5.41) is 0. The van der Waals surface area contributed by atoms with Crippen molar-refractivity contribution in [2.45, 2.75) is 13.3 Å². The van der Waals surface area contributed by atoms with E-state index in [2.05, 4.69) is 29.3 Å². The lowest BCUT2D eigenvalue weighted by atomic mass is 9.84. The van der Waals surface area contributed by atoms with Gasteiger partial charge in [0.1, 0.15) is 0 Å². The molecular weight excluding hydrogens is 154 g/mol. The lowest BCUT2D eigenvalue weighted by Gasteiger charge is -2.25. The van der Waals surface area contributed by atoms with Gasteiger partial charge in [-0.2, -0.15) is 0 Å². The molecule has 1 heterocycles. The minimum atomic E-state index is 0.584. The number of nitrogens with zero attached hydrogens (tertiary/aromatic N) is 1. The Labute approximate surface area is 71.4 Å². The molecule has 0 amide bonds. The van der Waals surface area contributed by atoms with Crippen LogP contribution in [0.2, 0.25) is 0 Å². The molecule has 2 aliphatic rings. The minimum absolute atomic E-state index is 0.584. The summed E-state index contributed by atoms with van der Waals surface area (Å²) < 4.78 is 4.23. The van der Waals surface area contributed by atoms with Crippen LogP contribution in [-0.2, 0) is 0 Å². The molecule has 1 nitrogen and oxygen atoms in total. The Morgan fingerprint density at radius 3 is 3.45 bits per heavy atom. The molecule has 2 rings (SSSR count). The Morgan fingerprint density at radius 2 is 2.64 bits per heavy atom. The van der Waals surface area contributed by atoms with E-state index in [1.807, 2.05) is 0 Å². The van der Waals surface area contributed by atoms with Crippen LogP contribution in [0.3, 0.4) is 0 Å². The van der Waals surface area contributed by atoms with E-state index >= 15 is 0 Å². The fourth-order valence-corrected chi connectivity index (χ4v) is 2.26. The zero-order valence-electron chi connectivity index (χ0n) is 6.58. The van der Waals surface area contributed by atoms with Crippen LogP contribution in [-0.4, -0.2) is 12.0 Å². The first-order valence-electron chi connectivity index (χ1n) is 3.97. The van der Waals surface area contributed by atoms with E-state index in [9.17, 15) is 0 Å². The van der Waals surface area contributed by atoms with E-state index in [0.29, 0.717) is 5.92 Å². The van der Waals surface area contributed by atoms with Crippen LogP contribution in [0.1, 0.15) is 13.3 Å². The third kappa shape index (κ3) is 1.29. The van der Waals surface area contributed by atoms with Crippen LogP contribution in [0.5, 0.6) is 0 Å². The molecule has 0 aromatic rings. The SMILES string of the molecule is C[C@@H]1CC=C=C2CSN=C[C@H]21. The Morgan fingerprint density at radius 1 is 1.73 bits per heavy atom. The fraction of sp³-hybridized carbons (Fsp3) is 0.556. The van der Waals surface area contributed by atoms with Crippen molar-refractivity contribution in [3.05, 3.63) is 17.4 Å². The predicted octanol–water partition coefficient (Wildman–Crippen LogP) is 2.46. The first-order valence-corrected chi connectivity index (χ1v) is 4.91. The maximum atomic E-state index is 4.23. The quantitative estimate of drug-likeness (QED) is 0.397. The van der Waals surface area contributed by atoms with Crippen LogP contribution in [0.4, 0.5) is 0 Å². The largest absolute Gasteiger partial charge is 0.228 e. The van der Waals surface area contributed by atoms with Crippen molar-refractivity contribution >= 4 is 18.2 Å². The fourth-order valence-electron chi connectivity index (χ4n) is 1.55. The highest BCUT2D eigenvalue weighted by molar-refractivity contribution is 7.98. The smallest absolute Gasteiger partial charge is 0.0445 e. The van der Waals surface area contributed by atoms with Gasteiger partial charge in [0.05, 0.1) is 0 Å². The second kappa shape index (κ2) is 2.88. The molecule has 0 N–H and O–H groups in total. The highest BCUT2D eigenvalue weighted by Gasteiger charge is 2.23. The van der Waals surface area contributed by atoms with Gasteiger partial charge in [0.15, 0.2) is 0 Å². The van der Waals surface area contributed by atoms with E-state index in [1.54, 1.807) is 11.9 Å². The normalized spacial score (nSPS) is 34.8. The molecule has 11 heavy (non-hydrogen) atoms. The number of hydrogen-bond acceptors (Lipinski definition) is 2. The van der Waals surface area contributed by atoms with E-state index < -0.39 is 0 Å². The Bertz CT molecular complexity index is 248. The Hall–Kier alpha value is -0.460. The van der Waals surface area contributed by atoms with Crippen molar-refractivity contribution in [3.63, 3.8) is 0 Å². The zero-order chi connectivity index (χ0) is 7.68. The average Bonchev–Trinajstić information content (AvgIpc) is 2.06. The summed E-state index contributed by atoms with van der Waals surface area (Å²) in [7, 11) is 0. The van der Waals surface area contributed by atoms with Gasteiger partial charge in [0.2, 0.25) is 0 Å². The lowest BCUT2D eigenvalue weighted by Crippen LogP contribution is -2.20. The average molecular weight is 165 g/mol. The molecule has 1 aliphatic carbocycles. The summed E-state index contributed by atoms with van der Waals surface area (Å²) >= 11 is 1.63. The zero-order valence-corrected chi connectivity index (χ0v) is 7.40. The molecule has 0 saturated carbocycles. The van der Waals surface area contributed by atoms with Crippen LogP contribution >= 0.6 is 11.9 Å². The standard InChI is InChI=1S/C9H11NS/c1-7-3-2-4-8-6-11-10-5-9(7)8/h2,5,7,9H,3,6H2,1H3/t7-,9+/m1/s1. The molecule has 58 valence electrons. The highest BCUT2D eigenvalue weighted by Crippen LogP contribution is 2.31. The van der Waals surface area contributed by atoms with Gasteiger partial charge in [-0.3, -0.25) is 0 Å². The van der Waals surface area contributed by atoms with E-state index in [0.717, 1.165) is 18.1 Å². The molecule has 0 aromatic heterocycles. The van der Waals surface area contributed by atoms with Crippen LogP contribution < -0.4 is 0 Å². The van der Waals surface area contributed by atoms with Gasteiger partial charge in [-0.1, -0.05) is 6.92 Å². The first kappa shape index (κ1) is 7.20. The summed E-state index contributed by atoms with van der Waals surface area (Å²) in [5.74, 6) is 2.36. The molecule has 0 saturated heterocycles. The van der Waals surface area contributed by atoms with Gasteiger partial charge in [-0.25, -0.2) is 4.40 Å². The Kier molecular flexibility index (Phi) is 1.89. The number of hydrogen-bond donors (Lipinski definition) is 0. The topological polar surface area (TPSA) is 12.4 Å². The molecule has 0 radical (unpaired) electrons. The summed E-state index contributed by atoms with van der Waals surface area (Å²) in [6, 6.07) is 0. The predicted molar refractivity (Wildman–Crippen MR) is 49.8 cm³/mol. The van der Waals surface area contributed by atoms with Crippen LogP contribution in [0, 0.1) is 11.8 Å². The second-order valence-corrected chi connectivity index (χ2v) is 3.90. The highest BCUT2D eigenvalue weighted by atomic mass is 32.2. The monoisotopic (exact) mass is 165 g/mol. The van der Waals surface area contributed by atoms with Crippen molar-refractivity contribution in [1.82, 2.24) is 0 Å². The van der Waals surface area contributed by atoms with Gasteiger partial charge in [-0.15, -0.1) is 5.73 Å². The van der Waals surface area contributed by atoms with E-state index in [4.69, 9.17) is 0 Å². The van der Waals surface area contributed by atoms with Gasteiger partial charge in [0, 0.05) is 17.9 Å². The maximum Gasteiger partial charge on any atom is 0.0445 e. The number of fused-ring (bicyclic) bond motifs is 1. The molecule has 0 unspecified atom stereocenters. The van der Waals surface area contributed by atoms with E-state index in [1.165, 1.54) is 5.57 Å². The molecule has 0 spiro atoms. The maximum absolute atomic E-state index is 4.23. The molecule has 0 bridgehead atoms. The summed E-state index contributed by atoms with van der Waals surface area (Å²) in [6.45, 7) is 2.28. The van der Waals surface area contributed by atoms with Gasteiger partial charge in [0.25, 0.3) is 0 Å². The second-order valence-electron chi connectivity index (χ2n) is 3.14. The molecule has 2 atom stereocenters. The molecular formula is C9H11NS. The van der Waals surface area contributed by atoms with Crippen molar-refractivity contribution in [2.24, 2.45) is 16.2 Å². The van der Waals surface area contributed by atoms with E-state index in [-0.39, 0.29) is 0 Å². The van der Waals surface area contributed by atoms with Crippen LogP contribution in [0.15, 0.2) is 21.8 Å². The molecule has 0 fully saturated rings. The van der Waals surface area contributed by atoms with Gasteiger partial charge >= 0.3 is 0 Å². The molecule has 1 aliphatic heterocycles. The summed E-state index contributed by atoms with van der Waals surface area (Å²) in [4.78, 5) is 0.